The zero-order valence-electron chi connectivity index (χ0n) is 19.0. The molecule has 0 bridgehead atoms. The Bertz CT molecular complexity index is 752. The number of fused-ring (bicyclic) bond motifs is 5. The molecule has 0 radical (unpaired) electrons. The summed E-state index contributed by atoms with van der Waals surface area (Å²) in [6.45, 7) is 9.71. The van der Waals surface area contributed by atoms with E-state index in [9.17, 15) is 24.9 Å². The zero-order chi connectivity index (χ0) is 22.3. The first-order valence-corrected chi connectivity index (χ1v) is 11.5. The number of carbonyl (C=O) groups excluding carboxylic acids is 2. The molecule has 0 saturated heterocycles. The van der Waals surface area contributed by atoms with Crippen molar-refractivity contribution in [1.29, 1.82) is 0 Å². The molecule has 170 valence electrons. The minimum absolute atomic E-state index is 0.0518. The number of esters is 1. The number of aliphatic hydroxyl groups excluding tert-OH is 3. The number of aliphatic hydroxyl groups is 3. The molecule has 0 spiro atoms. The summed E-state index contributed by atoms with van der Waals surface area (Å²) in [5.74, 6) is -0.351. The molecule has 0 aromatic heterocycles. The third-order valence-electron chi connectivity index (χ3n) is 10.6. The fourth-order valence-electron chi connectivity index (χ4n) is 8.90. The molecule has 10 atom stereocenters. The van der Waals surface area contributed by atoms with Crippen molar-refractivity contribution in [1.82, 2.24) is 0 Å². The largest absolute Gasteiger partial charge is 0.462 e. The van der Waals surface area contributed by atoms with Crippen LogP contribution in [0.25, 0.3) is 0 Å². The molecule has 0 amide bonds. The van der Waals surface area contributed by atoms with Crippen LogP contribution in [0.15, 0.2) is 0 Å². The molecule has 4 aliphatic rings. The maximum absolute atomic E-state index is 12.8. The normalized spacial score (nSPS) is 55.4. The van der Waals surface area contributed by atoms with Gasteiger partial charge in [0.25, 0.3) is 0 Å². The monoisotopic (exact) mass is 422 g/mol. The number of hydrogen-bond acceptors (Lipinski definition) is 6. The third kappa shape index (κ3) is 2.53. The number of ketones is 1. The van der Waals surface area contributed by atoms with E-state index >= 15 is 0 Å². The summed E-state index contributed by atoms with van der Waals surface area (Å²) in [5, 5.41) is 32.3. The van der Waals surface area contributed by atoms with E-state index in [1.807, 2.05) is 6.92 Å². The van der Waals surface area contributed by atoms with Crippen LogP contribution in [-0.4, -0.2) is 52.0 Å². The van der Waals surface area contributed by atoms with Crippen LogP contribution in [0.4, 0.5) is 0 Å². The van der Waals surface area contributed by atoms with Crippen molar-refractivity contribution in [3.05, 3.63) is 0 Å². The molecule has 4 rings (SSSR count). The Hall–Kier alpha value is -0.980. The number of hydrogen-bond donors (Lipinski definition) is 3. The number of rotatable bonds is 2. The van der Waals surface area contributed by atoms with E-state index in [2.05, 4.69) is 20.8 Å². The van der Waals surface area contributed by atoms with E-state index in [1.54, 1.807) is 0 Å². The van der Waals surface area contributed by atoms with Crippen LogP contribution >= 0.6 is 0 Å². The number of Topliss-reactive ketones (excluding diaryl/α,β-unsaturated/α-hetero) is 1. The molecule has 30 heavy (non-hydrogen) atoms. The molecular weight excluding hydrogens is 384 g/mol. The van der Waals surface area contributed by atoms with Crippen LogP contribution in [0, 0.1) is 39.4 Å². The molecule has 0 aromatic carbocycles. The van der Waals surface area contributed by atoms with Gasteiger partial charge in [0, 0.05) is 31.1 Å². The lowest BCUT2D eigenvalue weighted by Crippen LogP contribution is -2.68. The highest BCUT2D eigenvalue weighted by molar-refractivity contribution is 5.86. The van der Waals surface area contributed by atoms with Gasteiger partial charge in [0.05, 0.1) is 24.2 Å². The Balaban J connectivity index is 1.84. The van der Waals surface area contributed by atoms with Gasteiger partial charge >= 0.3 is 5.97 Å². The summed E-state index contributed by atoms with van der Waals surface area (Å²) in [6.07, 6.45) is 1.94. The van der Waals surface area contributed by atoms with Gasteiger partial charge in [0.2, 0.25) is 0 Å². The topological polar surface area (TPSA) is 104 Å². The van der Waals surface area contributed by atoms with Crippen molar-refractivity contribution in [3.8, 4) is 0 Å². The van der Waals surface area contributed by atoms with Gasteiger partial charge in [0.1, 0.15) is 11.9 Å². The highest BCUT2D eigenvalue weighted by atomic mass is 16.5. The second-order valence-corrected chi connectivity index (χ2v) is 11.6. The molecule has 0 aliphatic heterocycles. The first kappa shape index (κ1) is 22.2. The lowest BCUT2D eigenvalue weighted by atomic mass is 9.35. The van der Waals surface area contributed by atoms with E-state index < -0.39 is 29.1 Å². The fraction of sp³-hybridized carbons (Fsp3) is 0.917. The van der Waals surface area contributed by atoms with E-state index in [0.29, 0.717) is 19.3 Å². The lowest BCUT2D eigenvalue weighted by Gasteiger charge is -2.69. The summed E-state index contributed by atoms with van der Waals surface area (Å²) < 4.78 is 5.78. The van der Waals surface area contributed by atoms with Crippen LogP contribution in [0.5, 0.6) is 0 Å². The Morgan fingerprint density at radius 1 is 1.10 bits per heavy atom. The number of ether oxygens (including phenoxy) is 1. The van der Waals surface area contributed by atoms with Crippen LogP contribution in [-0.2, 0) is 14.3 Å². The Labute approximate surface area is 179 Å². The Morgan fingerprint density at radius 2 is 1.77 bits per heavy atom. The predicted molar refractivity (Wildman–Crippen MR) is 110 cm³/mol. The quantitative estimate of drug-likeness (QED) is 0.591. The van der Waals surface area contributed by atoms with Crippen molar-refractivity contribution in [2.75, 3.05) is 6.61 Å². The van der Waals surface area contributed by atoms with Crippen molar-refractivity contribution in [3.63, 3.8) is 0 Å². The van der Waals surface area contributed by atoms with Crippen molar-refractivity contribution in [2.45, 2.75) is 91.5 Å². The summed E-state index contributed by atoms with van der Waals surface area (Å²) in [5.41, 5.74) is -1.80. The maximum Gasteiger partial charge on any atom is 0.302 e. The summed E-state index contributed by atoms with van der Waals surface area (Å²) in [4.78, 5) is 24.8. The van der Waals surface area contributed by atoms with E-state index in [-0.39, 0.29) is 46.9 Å². The maximum atomic E-state index is 12.8. The molecule has 3 N–H and O–H groups in total. The molecular formula is C24H38O6. The van der Waals surface area contributed by atoms with E-state index in [0.717, 1.165) is 19.3 Å². The highest BCUT2D eigenvalue weighted by Gasteiger charge is 2.73. The van der Waals surface area contributed by atoms with Crippen molar-refractivity contribution in [2.24, 2.45) is 39.4 Å². The summed E-state index contributed by atoms with van der Waals surface area (Å²) in [7, 11) is 0. The van der Waals surface area contributed by atoms with E-state index in [1.165, 1.54) is 6.92 Å². The van der Waals surface area contributed by atoms with Crippen LogP contribution in [0.2, 0.25) is 0 Å². The van der Waals surface area contributed by atoms with Crippen molar-refractivity contribution >= 4 is 11.8 Å². The second kappa shape index (κ2) is 6.76. The van der Waals surface area contributed by atoms with Gasteiger partial charge in [-0.25, -0.2) is 0 Å². The minimum Gasteiger partial charge on any atom is -0.462 e. The molecule has 4 fully saturated rings. The average Bonchev–Trinajstić information content (AvgIpc) is 2.90. The van der Waals surface area contributed by atoms with Gasteiger partial charge in [-0.05, 0) is 48.3 Å². The fourth-order valence-corrected chi connectivity index (χ4v) is 8.90. The molecule has 4 aliphatic carbocycles. The van der Waals surface area contributed by atoms with Crippen LogP contribution in [0.3, 0.4) is 0 Å². The van der Waals surface area contributed by atoms with Gasteiger partial charge in [-0.1, -0.05) is 27.7 Å². The number of carbonyl (C=O) groups is 2. The van der Waals surface area contributed by atoms with Gasteiger partial charge in [-0.3, -0.25) is 9.59 Å². The third-order valence-corrected chi connectivity index (χ3v) is 10.6. The molecule has 0 aromatic rings. The van der Waals surface area contributed by atoms with Crippen molar-refractivity contribution < 1.29 is 29.6 Å². The smallest absolute Gasteiger partial charge is 0.302 e. The summed E-state index contributed by atoms with van der Waals surface area (Å²) in [6, 6.07) is 0. The van der Waals surface area contributed by atoms with Gasteiger partial charge in [-0.2, -0.15) is 0 Å². The molecule has 0 heterocycles. The standard InChI is InChI=1S/C24H38O6/c1-13(26)30-15-11-17-21(2)8-7-18(28)22(3,12-25)16(21)6-9-23(17,4)24(5)19(29)10-14(27)20(15)24/h14-17,19-20,25,27,29H,6-12H2,1-5H3/t14-,15+,16+,17+,19-,20-,21-,22-,23+,24+/m0/s1. The average molecular weight is 423 g/mol. The van der Waals surface area contributed by atoms with Crippen LogP contribution < -0.4 is 0 Å². The summed E-state index contributed by atoms with van der Waals surface area (Å²) >= 11 is 0. The zero-order valence-corrected chi connectivity index (χ0v) is 19.0. The first-order chi connectivity index (χ1) is 13.9. The van der Waals surface area contributed by atoms with Crippen LogP contribution in [0.1, 0.15) is 73.1 Å². The van der Waals surface area contributed by atoms with Gasteiger partial charge < -0.3 is 20.1 Å². The Morgan fingerprint density at radius 3 is 2.37 bits per heavy atom. The molecule has 4 saturated carbocycles. The Kier molecular flexibility index (Phi) is 5.01. The minimum atomic E-state index is -0.753. The second-order valence-electron chi connectivity index (χ2n) is 11.6. The SMILES string of the molecule is CC(=O)O[C@@H]1C[C@@H]2[C@@]3(C)CCC(=O)[C@@](C)(CO)[C@@H]3CC[C@@]2(C)[C@@]2(C)[C@H]1[C@@H](O)C[C@@H]2O. The van der Waals surface area contributed by atoms with Gasteiger partial charge in [-0.15, -0.1) is 0 Å². The first-order valence-electron chi connectivity index (χ1n) is 11.5. The van der Waals surface area contributed by atoms with Gasteiger partial charge in [0.15, 0.2) is 0 Å². The molecule has 6 nitrogen and oxygen atoms in total. The molecule has 6 heteroatoms. The lowest BCUT2D eigenvalue weighted by molar-refractivity contribution is -0.251. The predicted octanol–water partition coefficient (Wildman–Crippen LogP) is 2.47. The highest BCUT2D eigenvalue weighted by Crippen LogP contribution is 2.74. The van der Waals surface area contributed by atoms with E-state index in [4.69, 9.17) is 4.74 Å². The molecule has 0 unspecified atom stereocenters.